The molecular weight excluding hydrogens is 516 g/mol. The third kappa shape index (κ3) is 5.99. The Kier molecular flexibility index (Phi) is 7.87. The van der Waals surface area contributed by atoms with Crippen molar-refractivity contribution in [2.75, 3.05) is 43.4 Å². The van der Waals surface area contributed by atoms with E-state index in [1.807, 2.05) is 12.1 Å². The number of carbonyl (C=O) groups excluding carboxylic acids is 1. The molecule has 0 aliphatic carbocycles. The fraction of sp³-hybridized carbons (Fsp3) is 0.417. The lowest BCUT2D eigenvalue weighted by Gasteiger charge is -2.34. The molecule has 1 amide bonds. The Morgan fingerprint density at radius 3 is 2.53 bits per heavy atom. The maximum absolute atomic E-state index is 13.0. The van der Waals surface area contributed by atoms with Gasteiger partial charge in [-0.15, -0.1) is 0 Å². The maximum Gasteiger partial charge on any atom is 0.400 e. The van der Waals surface area contributed by atoms with Crippen LogP contribution in [0, 0.1) is 5.92 Å². The number of fused-ring (bicyclic) bond motifs is 1. The van der Waals surface area contributed by atoms with Crippen molar-refractivity contribution in [1.82, 2.24) is 20.2 Å². The summed E-state index contributed by atoms with van der Waals surface area (Å²) in [4.78, 5) is 24.3. The lowest BCUT2D eigenvalue weighted by molar-refractivity contribution is -0.183. The number of aromatic nitrogens is 2. The minimum atomic E-state index is -4.58. The zero-order valence-electron chi connectivity index (χ0n) is 19.8. The number of imidazole rings is 1. The minimum absolute atomic E-state index is 0.0681. The summed E-state index contributed by atoms with van der Waals surface area (Å²) in [6.45, 7) is 4.91. The van der Waals surface area contributed by atoms with E-state index < -0.39 is 18.0 Å². The van der Waals surface area contributed by atoms with Gasteiger partial charge in [-0.2, -0.15) is 13.2 Å². The van der Waals surface area contributed by atoms with Crippen LogP contribution in [0.5, 0.6) is 0 Å². The van der Waals surface area contributed by atoms with E-state index in [9.17, 15) is 18.0 Å². The van der Waals surface area contributed by atoms with Crippen molar-refractivity contribution in [2.45, 2.75) is 26.1 Å². The highest BCUT2D eigenvalue weighted by molar-refractivity contribution is 6.34. The van der Waals surface area contributed by atoms with E-state index in [4.69, 9.17) is 23.2 Å². The third-order valence-electron chi connectivity index (χ3n) is 6.26. The monoisotopic (exact) mass is 542 g/mol. The molecule has 0 bridgehead atoms. The summed E-state index contributed by atoms with van der Waals surface area (Å²) in [7, 11) is 2.09. The predicted octanol–water partition coefficient (Wildman–Crippen LogP) is 5.57. The molecule has 4 rings (SSSR count). The first-order valence-corrected chi connectivity index (χ1v) is 12.3. The number of anilines is 3. The van der Waals surface area contributed by atoms with E-state index in [-0.39, 0.29) is 13.0 Å². The molecule has 0 saturated carbocycles. The van der Waals surface area contributed by atoms with Crippen molar-refractivity contribution in [3.63, 3.8) is 0 Å². The highest BCUT2D eigenvalue weighted by Crippen LogP contribution is 2.33. The van der Waals surface area contributed by atoms with Gasteiger partial charge >= 0.3 is 6.18 Å². The number of nitrogens with one attached hydrogen (secondary N) is 3. The Morgan fingerprint density at radius 2 is 1.86 bits per heavy atom. The van der Waals surface area contributed by atoms with E-state index in [0.29, 0.717) is 27.2 Å². The van der Waals surface area contributed by atoms with E-state index in [0.717, 1.165) is 42.9 Å². The van der Waals surface area contributed by atoms with Gasteiger partial charge in [-0.25, -0.2) is 4.98 Å². The number of halogens is 5. The molecule has 0 radical (unpaired) electrons. The van der Waals surface area contributed by atoms with Crippen LogP contribution >= 0.6 is 23.2 Å². The van der Waals surface area contributed by atoms with Gasteiger partial charge in [0.05, 0.1) is 32.5 Å². The van der Waals surface area contributed by atoms with Crippen LogP contribution in [0.25, 0.3) is 11.0 Å². The number of H-pyrrole nitrogens is 1. The zero-order chi connectivity index (χ0) is 26.0. The Balaban J connectivity index is 1.48. The van der Waals surface area contributed by atoms with Gasteiger partial charge < -0.3 is 25.4 Å². The molecule has 1 atom stereocenters. The molecule has 3 N–H and O–H groups in total. The molecule has 1 saturated heterocycles. The smallest absolute Gasteiger partial charge is 0.368 e. The standard InChI is InChI=1S/C24H27Cl2F3N6O/c1-3-15(24(27,28)29)22(36)30-13-14-4-5-16(25)18(10-14)31-23-32-19-11-17(26)21(12-20(19)33-23)35-8-6-34(2)7-9-35/h4-5,10-12,15H,3,6-9,13H2,1-2H3,(H,30,36)(H2,31,32,33). The number of alkyl halides is 3. The van der Waals surface area contributed by atoms with Gasteiger partial charge in [0, 0.05) is 32.7 Å². The summed E-state index contributed by atoms with van der Waals surface area (Å²) in [5, 5.41) is 6.50. The molecule has 36 heavy (non-hydrogen) atoms. The summed E-state index contributed by atoms with van der Waals surface area (Å²) >= 11 is 12.9. The Labute approximate surface area is 216 Å². The summed E-state index contributed by atoms with van der Waals surface area (Å²) in [5.41, 5.74) is 3.49. The van der Waals surface area contributed by atoms with E-state index in [1.54, 1.807) is 18.2 Å². The molecule has 2 heterocycles. The number of likely N-dealkylation sites (N-methyl/N-ethyl adjacent to an activating group) is 1. The summed E-state index contributed by atoms with van der Waals surface area (Å²) < 4.78 is 39.0. The summed E-state index contributed by atoms with van der Waals surface area (Å²) in [6, 6.07) is 8.69. The van der Waals surface area contributed by atoms with Gasteiger partial charge in [-0.3, -0.25) is 4.79 Å². The van der Waals surface area contributed by atoms with Crippen LogP contribution in [0.15, 0.2) is 30.3 Å². The number of aromatic amines is 1. The van der Waals surface area contributed by atoms with Crippen molar-refractivity contribution >= 4 is 57.5 Å². The molecule has 0 spiro atoms. The average molecular weight is 543 g/mol. The van der Waals surface area contributed by atoms with Gasteiger partial charge in [0.15, 0.2) is 0 Å². The number of hydrogen-bond acceptors (Lipinski definition) is 5. The minimum Gasteiger partial charge on any atom is -0.368 e. The largest absolute Gasteiger partial charge is 0.400 e. The van der Waals surface area contributed by atoms with Crippen LogP contribution in [0.3, 0.4) is 0 Å². The average Bonchev–Trinajstić information content (AvgIpc) is 3.20. The van der Waals surface area contributed by atoms with Crippen molar-refractivity contribution < 1.29 is 18.0 Å². The third-order valence-corrected chi connectivity index (χ3v) is 6.90. The molecule has 12 heteroatoms. The van der Waals surface area contributed by atoms with Gasteiger partial charge in [-0.1, -0.05) is 36.2 Å². The fourth-order valence-corrected chi connectivity index (χ4v) is 4.60. The molecule has 194 valence electrons. The second-order valence-corrected chi connectivity index (χ2v) is 9.67. The van der Waals surface area contributed by atoms with Gasteiger partial charge in [0.1, 0.15) is 5.92 Å². The fourth-order valence-electron chi connectivity index (χ4n) is 4.15. The number of rotatable bonds is 7. The Hall–Kier alpha value is -2.69. The second kappa shape index (κ2) is 10.7. The van der Waals surface area contributed by atoms with Gasteiger partial charge in [-0.05, 0) is 43.3 Å². The van der Waals surface area contributed by atoms with Crippen molar-refractivity contribution in [2.24, 2.45) is 5.92 Å². The van der Waals surface area contributed by atoms with E-state index in [2.05, 4.69) is 37.4 Å². The highest BCUT2D eigenvalue weighted by Gasteiger charge is 2.43. The second-order valence-electron chi connectivity index (χ2n) is 8.86. The number of piperazine rings is 1. The molecule has 7 nitrogen and oxygen atoms in total. The van der Waals surface area contributed by atoms with E-state index in [1.165, 1.54) is 6.92 Å². The molecule has 1 aromatic heterocycles. The Bertz CT molecular complexity index is 1240. The first kappa shape index (κ1) is 26.4. The van der Waals surface area contributed by atoms with Crippen LogP contribution in [-0.2, 0) is 11.3 Å². The first-order chi connectivity index (χ1) is 17.0. The normalized spacial score (nSPS) is 15.8. The van der Waals surface area contributed by atoms with Gasteiger partial charge in [0.25, 0.3) is 0 Å². The summed E-state index contributed by atoms with van der Waals surface area (Å²) in [5.74, 6) is -2.66. The molecule has 1 aliphatic rings. The SMILES string of the molecule is CCC(C(=O)NCc1ccc(Cl)c(Nc2nc3cc(N4CCN(C)CC4)c(Cl)cc3[nH]2)c1)C(F)(F)F. The maximum atomic E-state index is 13.0. The van der Waals surface area contributed by atoms with Crippen molar-refractivity contribution in [3.05, 3.63) is 45.9 Å². The van der Waals surface area contributed by atoms with Crippen LogP contribution in [0.2, 0.25) is 10.0 Å². The molecule has 1 unspecified atom stereocenters. The quantitative estimate of drug-likeness (QED) is 0.364. The molecule has 3 aromatic rings. The van der Waals surface area contributed by atoms with E-state index >= 15 is 0 Å². The van der Waals surface area contributed by atoms with Crippen LogP contribution in [0.1, 0.15) is 18.9 Å². The highest BCUT2D eigenvalue weighted by atomic mass is 35.5. The topological polar surface area (TPSA) is 76.3 Å². The first-order valence-electron chi connectivity index (χ1n) is 11.6. The number of nitrogens with zero attached hydrogens (tertiary/aromatic N) is 3. The van der Waals surface area contributed by atoms with Gasteiger partial charge in [0.2, 0.25) is 11.9 Å². The number of benzene rings is 2. The number of hydrogen-bond donors (Lipinski definition) is 3. The summed E-state index contributed by atoms with van der Waals surface area (Å²) in [6.07, 6.45) is -4.91. The molecule has 1 fully saturated rings. The molecular formula is C24H27Cl2F3N6O. The lowest BCUT2D eigenvalue weighted by atomic mass is 10.1. The van der Waals surface area contributed by atoms with Crippen LogP contribution in [-0.4, -0.2) is 60.2 Å². The number of amides is 1. The van der Waals surface area contributed by atoms with Crippen molar-refractivity contribution in [1.29, 1.82) is 0 Å². The van der Waals surface area contributed by atoms with Crippen LogP contribution < -0.4 is 15.5 Å². The van der Waals surface area contributed by atoms with Crippen molar-refractivity contribution in [3.8, 4) is 0 Å². The Morgan fingerprint density at radius 1 is 1.14 bits per heavy atom. The predicted molar refractivity (Wildman–Crippen MR) is 137 cm³/mol. The molecule has 1 aliphatic heterocycles. The van der Waals surface area contributed by atoms with Crippen LogP contribution in [0.4, 0.5) is 30.5 Å². The lowest BCUT2D eigenvalue weighted by Crippen LogP contribution is -2.44. The zero-order valence-corrected chi connectivity index (χ0v) is 21.4. The molecule has 2 aromatic carbocycles. The number of carbonyl (C=O) groups is 1.